The SMILES string of the molecule is CC.CCC(C)CC.CCc1cccc(C)c1C.[HH]. The van der Waals surface area contributed by atoms with Crippen molar-refractivity contribution in [2.24, 2.45) is 5.92 Å². The summed E-state index contributed by atoms with van der Waals surface area (Å²) in [6, 6.07) is 6.48. The third-order valence-electron chi connectivity index (χ3n) is 3.49. The van der Waals surface area contributed by atoms with Gasteiger partial charge in [0.2, 0.25) is 0 Å². The molecule has 0 saturated carbocycles. The van der Waals surface area contributed by atoms with Gasteiger partial charge in [-0.15, -0.1) is 0 Å². The fourth-order valence-corrected chi connectivity index (χ4v) is 1.48. The molecule has 0 bridgehead atoms. The van der Waals surface area contributed by atoms with Gasteiger partial charge in [0.05, 0.1) is 0 Å². The molecule has 0 aliphatic heterocycles. The molecule has 0 amide bonds. The highest BCUT2D eigenvalue weighted by Gasteiger charge is 1.95. The van der Waals surface area contributed by atoms with Gasteiger partial charge in [-0.1, -0.05) is 72.6 Å². The molecule has 0 N–H and O–H groups in total. The Labute approximate surface area is 117 Å². The standard InChI is InChI=1S/C10H14.C6H14.C2H6.H2/c1-4-10-7-5-6-8(2)9(10)3;1-4-6(3)5-2;1-2;/h5-7H,4H2,1-3H3;6H,4-5H2,1-3H3;1-2H3;1H. The summed E-state index contributed by atoms with van der Waals surface area (Å²) < 4.78 is 0. The monoisotopic (exact) mass is 252 g/mol. The van der Waals surface area contributed by atoms with E-state index in [0.29, 0.717) is 0 Å². The predicted octanol–water partition coefficient (Wildman–Crippen LogP) is 6.58. The van der Waals surface area contributed by atoms with Gasteiger partial charge in [0, 0.05) is 1.43 Å². The number of benzene rings is 1. The van der Waals surface area contributed by atoms with Gasteiger partial charge in [0.15, 0.2) is 0 Å². The van der Waals surface area contributed by atoms with Crippen molar-refractivity contribution >= 4 is 0 Å². The number of hydrogen-bond donors (Lipinski definition) is 0. The minimum absolute atomic E-state index is 0. The molecule has 0 nitrogen and oxygen atoms in total. The average Bonchev–Trinajstić information content (AvgIpc) is 2.44. The van der Waals surface area contributed by atoms with Crippen molar-refractivity contribution in [3.05, 3.63) is 34.9 Å². The van der Waals surface area contributed by atoms with Crippen LogP contribution in [-0.2, 0) is 6.42 Å². The summed E-state index contributed by atoms with van der Waals surface area (Å²) in [6.07, 6.45) is 3.81. The van der Waals surface area contributed by atoms with Crippen molar-refractivity contribution in [3.8, 4) is 0 Å². The zero-order valence-electron chi connectivity index (χ0n) is 13.9. The van der Waals surface area contributed by atoms with Crippen LogP contribution >= 0.6 is 0 Å². The topological polar surface area (TPSA) is 0 Å². The molecule has 18 heavy (non-hydrogen) atoms. The van der Waals surface area contributed by atoms with Crippen LogP contribution in [0.5, 0.6) is 0 Å². The molecule has 0 heterocycles. The van der Waals surface area contributed by atoms with E-state index < -0.39 is 0 Å². The van der Waals surface area contributed by atoms with E-state index in [2.05, 4.69) is 59.7 Å². The number of hydrogen-bond acceptors (Lipinski definition) is 0. The van der Waals surface area contributed by atoms with Crippen molar-refractivity contribution in [1.82, 2.24) is 0 Å². The second-order valence-corrected chi connectivity index (χ2v) is 4.63. The highest BCUT2D eigenvalue weighted by atomic mass is 14.0. The van der Waals surface area contributed by atoms with Crippen molar-refractivity contribution in [2.75, 3.05) is 0 Å². The Balaban J connectivity index is -0.000000249. The highest BCUT2D eigenvalue weighted by Crippen LogP contribution is 2.12. The van der Waals surface area contributed by atoms with Gasteiger partial charge in [-0.05, 0) is 42.9 Å². The highest BCUT2D eigenvalue weighted by molar-refractivity contribution is 5.32. The van der Waals surface area contributed by atoms with Crippen molar-refractivity contribution in [2.45, 2.75) is 74.7 Å². The lowest BCUT2D eigenvalue weighted by atomic mass is 10.0. The van der Waals surface area contributed by atoms with Crippen molar-refractivity contribution < 1.29 is 1.43 Å². The first kappa shape index (κ1) is 19.6. The van der Waals surface area contributed by atoms with E-state index in [4.69, 9.17) is 0 Å². The maximum Gasteiger partial charge on any atom is 0 e. The van der Waals surface area contributed by atoms with Crippen LogP contribution in [0.1, 0.15) is 72.5 Å². The van der Waals surface area contributed by atoms with Crippen LogP contribution in [0.3, 0.4) is 0 Å². The van der Waals surface area contributed by atoms with Gasteiger partial charge in [0.25, 0.3) is 0 Å². The Morgan fingerprint density at radius 2 is 1.50 bits per heavy atom. The molecule has 0 atom stereocenters. The van der Waals surface area contributed by atoms with E-state index in [1.165, 1.54) is 29.5 Å². The van der Waals surface area contributed by atoms with Gasteiger partial charge >= 0.3 is 0 Å². The lowest BCUT2D eigenvalue weighted by Crippen LogP contribution is -1.88. The van der Waals surface area contributed by atoms with E-state index in [-0.39, 0.29) is 1.43 Å². The van der Waals surface area contributed by atoms with Crippen LogP contribution in [0.4, 0.5) is 0 Å². The molecular formula is C18H36. The van der Waals surface area contributed by atoms with Gasteiger partial charge in [-0.3, -0.25) is 0 Å². The smallest absolute Gasteiger partial charge is 0 e. The largest absolute Gasteiger partial charge is 0.0683 e. The quantitative estimate of drug-likeness (QED) is 0.570. The molecule has 0 spiro atoms. The molecule has 1 aromatic rings. The minimum Gasteiger partial charge on any atom is -0.0683 e. The third-order valence-corrected chi connectivity index (χ3v) is 3.49. The maximum atomic E-state index is 2.28. The minimum atomic E-state index is 0. The van der Waals surface area contributed by atoms with E-state index in [9.17, 15) is 0 Å². The molecule has 0 radical (unpaired) electrons. The Bertz CT molecular complexity index is 288. The Morgan fingerprint density at radius 1 is 1.00 bits per heavy atom. The molecule has 0 aliphatic carbocycles. The van der Waals surface area contributed by atoms with E-state index in [1.807, 2.05) is 13.8 Å². The fraction of sp³-hybridized carbons (Fsp3) is 0.667. The van der Waals surface area contributed by atoms with Crippen LogP contribution in [0.15, 0.2) is 18.2 Å². The molecule has 0 aliphatic rings. The summed E-state index contributed by atoms with van der Waals surface area (Å²) in [7, 11) is 0. The first-order valence-electron chi connectivity index (χ1n) is 7.61. The molecule has 0 aromatic heterocycles. The first-order chi connectivity index (χ1) is 8.56. The van der Waals surface area contributed by atoms with Gasteiger partial charge in [-0.2, -0.15) is 0 Å². The van der Waals surface area contributed by atoms with Crippen molar-refractivity contribution in [3.63, 3.8) is 0 Å². The molecule has 1 rings (SSSR count). The molecule has 0 fully saturated rings. The maximum absolute atomic E-state index is 2.28. The summed E-state index contributed by atoms with van der Waals surface area (Å²) >= 11 is 0. The van der Waals surface area contributed by atoms with Crippen LogP contribution in [0.25, 0.3) is 0 Å². The summed E-state index contributed by atoms with van der Waals surface area (Å²) in [5.74, 6) is 0.935. The normalized spacial score (nSPS) is 9.17. The fourth-order valence-electron chi connectivity index (χ4n) is 1.48. The lowest BCUT2D eigenvalue weighted by molar-refractivity contribution is 0.544. The molecule has 108 valence electrons. The Morgan fingerprint density at radius 3 is 1.78 bits per heavy atom. The van der Waals surface area contributed by atoms with Gasteiger partial charge in [-0.25, -0.2) is 0 Å². The van der Waals surface area contributed by atoms with Crippen LogP contribution < -0.4 is 0 Å². The van der Waals surface area contributed by atoms with Crippen LogP contribution in [0.2, 0.25) is 0 Å². The summed E-state index contributed by atoms with van der Waals surface area (Å²) in [6.45, 7) is 17.3. The lowest BCUT2D eigenvalue weighted by Gasteiger charge is -2.04. The number of rotatable bonds is 3. The Hall–Kier alpha value is -0.780. The summed E-state index contributed by atoms with van der Waals surface area (Å²) in [4.78, 5) is 0. The summed E-state index contributed by atoms with van der Waals surface area (Å²) in [5, 5.41) is 0. The Kier molecular flexibility index (Phi) is 13.8. The van der Waals surface area contributed by atoms with Crippen LogP contribution in [-0.4, -0.2) is 0 Å². The zero-order chi connectivity index (χ0) is 14.6. The van der Waals surface area contributed by atoms with Gasteiger partial charge < -0.3 is 0 Å². The van der Waals surface area contributed by atoms with Crippen molar-refractivity contribution in [1.29, 1.82) is 0 Å². The van der Waals surface area contributed by atoms with E-state index >= 15 is 0 Å². The molecule has 0 heteroatoms. The average molecular weight is 252 g/mol. The summed E-state index contributed by atoms with van der Waals surface area (Å²) in [5.41, 5.74) is 4.32. The zero-order valence-corrected chi connectivity index (χ0v) is 13.9. The van der Waals surface area contributed by atoms with E-state index in [1.54, 1.807) is 0 Å². The second-order valence-electron chi connectivity index (χ2n) is 4.63. The molecular weight excluding hydrogens is 216 g/mol. The van der Waals surface area contributed by atoms with Crippen LogP contribution in [0, 0.1) is 19.8 Å². The predicted molar refractivity (Wildman–Crippen MR) is 88.5 cm³/mol. The number of aryl methyl sites for hydroxylation is 2. The second kappa shape index (κ2) is 12.7. The molecule has 0 saturated heterocycles. The first-order valence-corrected chi connectivity index (χ1v) is 7.61. The van der Waals surface area contributed by atoms with Gasteiger partial charge in [0.1, 0.15) is 0 Å². The molecule has 0 unspecified atom stereocenters. The van der Waals surface area contributed by atoms with E-state index in [0.717, 1.165) is 12.3 Å². The third kappa shape index (κ3) is 8.33. The molecule has 1 aromatic carbocycles.